The first-order valence-corrected chi connectivity index (χ1v) is 11.5. The van der Waals surface area contributed by atoms with Crippen LogP contribution in [0.15, 0.2) is 36.5 Å². The molecule has 2 heterocycles. The third-order valence-corrected chi connectivity index (χ3v) is 5.47. The fraction of sp³-hybridized carbons (Fsp3) is 0.407. The Bertz CT molecular complexity index is 1320. The summed E-state index contributed by atoms with van der Waals surface area (Å²) in [4.78, 5) is 12.7. The number of hydrogen-bond acceptors (Lipinski definition) is 3. The van der Waals surface area contributed by atoms with Gasteiger partial charge in [0.25, 0.3) is 0 Å². The number of fused-ring (bicyclic) bond motifs is 2. The molecule has 0 N–H and O–H groups in total. The molecule has 0 saturated carbocycles. The number of rotatable bonds is 2. The van der Waals surface area contributed by atoms with Crippen LogP contribution in [0.5, 0.6) is 0 Å². The third kappa shape index (κ3) is 4.52. The molecule has 0 bridgehead atoms. The number of aryl methyl sites for hydroxylation is 2. The monoisotopic (exact) mass is 451 g/mol. The number of ether oxygens (including phenoxy) is 1. The Morgan fingerprint density at radius 2 is 1.73 bits per heavy atom. The number of carbonyl (C=O) groups excluding carboxylic acids is 1. The number of benzene rings is 2. The van der Waals surface area contributed by atoms with Crippen molar-refractivity contribution in [1.29, 1.82) is 0 Å². The van der Waals surface area contributed by atoms with E-state index in [4.69, 9.17) is 4.74 Å². The smallest absolute Gasteiger partial charge is 0.435 e. The van der Waals surface area contributed by atoms with Gasteiger partial charge in [-0.3, -0.25) is 0 Å². The maximum absolute atomic E-state index is 13.9. The van der Waals surface area contributed by atoms with Gasteiger partial charge in [-0.05, 0) is 82.0 Å². The van der Waals surface area contributed by atoms with Crippen molar-refractivity contribution in [2.75, 3.05) is 0 Å². The first-order chi connectivity index (χ1) is 15.5. The Morgan fingerprint density at radius 1 is 1.06 bits per heavy atom. The van der Waals surface area contributed by atoms with Gasteiger partial charge in [-0.2, -0.15) is 9.78 Å². The van der Waals surface area contributed by atoms with Crippen LogP contribution in [0, 0.1) is 19.7 Å². The van der Waals surface area contributed by atoms with E-state index in [1.807, 2.05) is 52.8 Å². The second-order valence-corrected chi connectivity index (χ2v) is 9.40. The lowest BCUT2D eigenvalue weighted by Crippen LogP contribution is -2.27. The lowest BCUT2D eigenvalue weighted by atomic mass is 10.0. The lowest BCUT2D eigenvalue weighted by Gasteiger charge is -2.19. The van der Waals surface area contributed by atoms with E-state index in [0.29, 0.717) is 11.1 Å². The number of aromatic nitrogens is 3. The fourth-order valence-electron chi connectivity index (χ4n) is 4.17. The summed E-state index contributed by atoms with van der Waals surface area (Å²) in [5, 5.41) is 6.15. The molecule has 0 aliphatic carbocycles. The molecule has 0 atom stereocenters. The Labute approximate surface area is 195 Å². The van der Waals surface area contributed by atoms with Crippen molar-refractivity contribution in [2.45, 2.75) is 73.8 Å². The van der Waals surface area contributed by atoms with Crippen LogP contribution in [0.2, 0.25) is 0 Å². The molecule has 0 aliphatic rings. The van der Waals surface area contributed by atoms with Gasteiger partial charge in [0, 0.05) is 22.2 Å². The second-order valence-electron chi connectivity index (χ2n) is 9.40. The molecule has 0 radical (unpaired) electrons. The van der Waals surface area contributed by atoms with Crippen LogP contribution in [0.25, 0.3) is 27.5 Å². The average Bonchev–Trinajstić information content (AvgIpc) is 3.27. The summed E-state index contributed by atoms with van der Waals surface area (Å²) in [6.45, 7) is 17.7. The number of hydrogen-bond donors (Lipinski definition) is 0. The van der Waals surface area contributed by atoms with E-state index in [0.717, 1.165) is 33.2 Å². The van der Waals surface area contributed by atoms with Crippen LogP contribution in [0.4, 0.5) is 9.18 Å². The molecule has 4 aromatic rings. The minimum Gasteiger partial charge on any atom is -0.442 e. The van der Waals surface area contributed by atoms with E-state index in [1.165, 1.54) is 10.7 Å². The zero-order chi connectivity index (χ0) is 24.7. The predicted molar refractivity (Wildman–Crippen MR) is 133 cm³/mol. The van der Waals surface area contributed by atoms with Gasteiger partial charge in [-0.15, -0.1) is 0 Å². The molecule has 2 aromatic carbocycles. The zero-order valence-corrected chi connectivity index (χ0v) is 21.1. The van der Waals surface area contributed by atoms with Crippen LogP contribution < -0.4 is 0 Å². The molecule has 0 amide bonds. The second kappa shape index (κ2) is 9.00. The molecule has 33 heavy (non-hydrogen) atoms. The molecule has 0 saturated heterocycles. The van der Waals surface area contributed by atoms with Crippen molar-refractivity contribution in [3.05, 3.63) is 59.2 Å². The molecule has 6 heteroatoms. The highest BCUT2D eigenvalue weighted by Crippen LogP contribution is 2.36. The van der Waals surface area contributed by atoms with E-state index in [-0.39, 0.29) is 11.7 Å². The topological polar surface area (TPSA) is 49.0 Å². The lowest BCUT2D eigenvalue weighted by molar-refractivity contribution is 0.0523. The summed E-state index contributed by atoms with van der Waals surface area (Å²) >= 11 is 0. The maximum atomic E-state index is 13.9. The molecular formula is C27H34FN3O2. The number of nitrogens with zero attached hydrogens (tertiary/aromatic N) is 3. The maximum Gasteiger partial charge on any atom is 0.435 e. The largest absolute Gasteiger partial charge is 0.442 e. The minimum absolute atomic E-state index is 0.218. The molecule has 0 unspecified atom stereocenters. The highest BCUT2D eigenvalue weighted by atomic mass is 19.1. The molecule has 2 aromatic heterocycles. The van der Waals surface area contributed by atoms with Crippen LogP contribution in [-0.4, -0.2) is 26.0 Å². The van der Waals surface area contributed by atoms with E-state index in [2.05, 4.69) is 30.4 Å². The van der Waals surface area contributed by atoms with Gasteiger partial charge in [0.2, 0.25) is 0 Å². The predicted octanol–water partition coefficient (Wildman–Crippen LogP) is 7.67. The van der Waals surface area contributed by atoms with Crippen molar-refractivity contribution in [2.24, 2.45) is 0 Å². The van der Waals surface area contributed by atoms with Gasteiger partial charge in [-0.1, -0.05) is 27.7 Å². The van der Waals surface area contributed by atoms with Crippen LogP contribution >= 0.6 is 0 Å². The van der Waals surface area contributed by atoms with Gasteiger partial charge in [0.1, 0.15) is 11.4 Å². The first kappa shape index (κ1) is 24.5. The van der Waals surface area contributed by atoms with Crippen LogP contribution in [0.3, 0.4) is 0 Å². The summed E-state index contributed by atoms with van der Waals surface area (Å²) < 4.78 is 22.9. The molecule has 0 fully saturated rings. The van der Waals surface area contributed by atoms with Crippen molar-refractivity contribution in [3.8, 4) is 5.69 Å². The number of carbonyl (C=O) groups is 1. The molecule has 176 valence electrons. The van der Waals surface area contributed by atoms with E-state index < -0.39 is 11.7 Å². The SMILES string of the molecule is CC.Cc1cc(-n2c(C(C)C)c(C)c3cc4c(cnn4C(=O)OC(C)(C)C)cc32)ccc1F. The van der Waals surface area contributed by atoms with E-state index in [1.54, 1.807) is 19.2 Å². The van der Waals surface area contributed by atoms with Crippen molar-refractivity contribution >= 4 is 27.9 Å². The average molecular weight is 452 g/mol. The summed E-state index contributed by atoms with van der Waals surface area (Å²) in [7, 11) is 0. The highest BCUT2D eigenvalue weighted by molar-refractivity contribution is 6.01. The standard InChI is InChI=1S/C25H28FN3O2.C2H6/c1-14(2)23-16(4)19-12-21-17(13-27-29(21)24(30)31-25(5,6)7)11-22(19)28(23)18-8-9-20(26)15(3)10-18;1-2/h8-14H,1-7H3;1-2H3. The molecule has 0 spiro atoms. The van der Waals surface area contributed by atoms with Crippen LogP contribution in [0.1, 0.15) is 71.2 Å². The van der Waals surface area contributed by atoms with Gasteiger partial charge < -0.3 is 9.30 Å². The van der Waals surface area contributed by atoms with Crippen LogP contribution in [-0.2, 0) is 4.74 Å². The summed E-state index contributed by atoms with van der Waals surface area (Å²) in [5.41, 5.74) is 4.90. The highest BCUT2D eigenvalue weighted by Gasteiger charge is 2.23. The number of halogens is 1. The van der Waals surface area contributed by atoms with Crippen molar-refractivity contribution in [3.63, 3.8) is 0 Å². The summed E-state index contributed by atoms with van der Waals surface area (Å²) in [6.07, 6.45) is 1.17. The van der Waals surface area contributed by atoms with Crippen molar-refractivity contribution in [1.82, 2.24) is 14.3 Å². The van der Waals surface area contributed by atoms with E-state index in [9.17, 15) is 9.18 Å². The summed E-state index contributed by atoms with van der Waals surface area (Å²) in [5.74, 6) is 0.0345. The Morgan fingerprint density at radius 3 is 2.30 bits per heavy atom. The normalized spacial score (nSPS) is 11.7. The zero-order valence-electron chi connectivity index (χ0n) is 21.1. The van der Waals surface area contributed by atoms with Gasteiger partial charge in [-0.25, -0.2) is 9.18 Å². The Hall–Kier alpha value is -3.15. The Balaban J connectivity index is 0.00000149. The molecule has 4 rings (SSSR count). The Kier molecular flexibility index (Phi) is 6.68. The van der Waals surface area contributed by atoms with Gasteiger partial charge in [0.15, 0.2) is 0 Å². The minimum atomic E-state index is -0.607. The van der Waals surface area contributed by atoms with E-state index >= 15 is 0 Å². The fourth-order valence-corrected chi connectivity index (χ4v) is 4.17. The summed E-state index contributed by atoms with van der Waals surface area (Å²) in [6, 6.07) is 9.22. The third-order valence-electron chi connectivity index (χ3n) is 5.47. The molecule has 0 aliphatic heterocycles. The molecular weight excluding hydrogens is 417 g/mol. The quantitative estimate of drug-likeness (QED) is 0.314. The van der Waals surface area contributed by atoms with Gasteiger partial charge in [0.05, 0.1) is 17.2 Å². The molecule has 5 nitrogen and oxygen atoms in total. The first-order valence-electron chi connectivity index (χ1n) is 11.5. The van der Waals surface area contributed by atoms with Crippen molar-refractivity contribution < 1.29 is 13.9 Å². The van der Waals surface area contributed by atoms with Gasteiger partial charge >= 0.3 is 6.09 Å².